The molecule has 2 aliphatic rings. The van der Waals surface area contributed by atoms with Crippen molar-refractivity contribution in [2.45, 2.75) is 18.3 Å². The van der Waals surface area contributed by atoms with Gasteiger partial charge in [0.2, 0.25) is 5.91 Å². The number of halogens is 3. The fourth-order valence-corrected chi connectivity index (χ4v) is 3.00. The Hall–Kier alpha value is -0.920. The Morgan fingerprint density at radius 3 is 2.37 bits per heavy atom. The Kier molecular flexibility index (Phi) is 3.98. The molecule has 108 valence electrons. The van der Waals surface area contributed by atoms with Crippen LogP contribution in [0.25, 0.3) is 0 Å². The lowest BCUT2D eigenvalue weighted by Gasteiger charge is -2.16. The van der Waals surface area contributed by atoms with E-state index in [1.165, 1.54) is 4.90 Å². The summed E-state index contributed by atoms with van der Waals surface area (Å²) < 4.78 is 36.1. The van der Waals surface area contributed by atoms with Gasteiger partial charge in [0.25, 0.3) is 0 Å². The second-order valence-electron chi connectivity index (χ2n) is 4.98. The average molecular weight is 297 g/mol. The van der Waals surface area contributed by atoms with Crippen molar-refractivity contribution < 1.29 is 27.9 Å². The fraction of sp³-hybridized carbons (Fsp3) is 0.818. The van der Waals surface area contributed by atoms with Crippen LogP contribution >= 0.6 is 11.8 Å². The summed E-state index contributed by atoms with van der Waals surface area (Å²) in [6, 6.07) is 0. The van der Waals surface area contributed by atoms with Gasteiger partial charge in [-0.1, -0.05) is 0 Å². The molecule has 8 heteroatoms. The van der Waals surface area contributed by atoms with Gasteiger partial charge in [0.15, 0.2) is 0 Å². The summed E-state index contributed by atoms with van der Waals surface area (Å²) in [6.45, 7) is 0.312. The quantitative estimate of drug-likeness (QED) is 0.860. The molecule has 1 heterocycles. The summed E-state index contributed by atoms with van der Waals surface area (Å²) in [6.07, 6.45) is 1.90. The molecule has 1 saturated carbocycles. The number of amides is 1. The van der Waals surface area contributed by atoms with Crippen LogP contribution in [0.4, 0.5) is 13.2 Å². The van der Waals surface area contributed by atoms with E-state index in [2.05, 4.69) is 0 Å². The van der Waals surface area contributed by atoms with E-state index in [0.717, 1.165) is 12.8 Å². The van der Waals surface area contributed by atoms with E-state index in [4.69, 9.17) is 5.11 Å². The van der Waals surface area contributed by atoms with Gasteiger partial charge in [-0.2, -0.15) is 13.2 Å². The maximum absolute atomic E-state index is 12.0. The minimum Gasteiger partial charge on any atom is -0.481 e. The molecular weight excluding hydrogens is 283 g/mol. The maximum Gasteiger partial charge on any atom is 0.442 e. The summed E-state index contributed by atoms with van der Waals surface area (Å²) >= 11 is -0.375. The highest BCUT2D eigenvalue weighted by molar-refractivity contribution is 8.00. The molecule has 0 aromatic heterocycles. The number of carboxylic acids is 1. The highest BCUT2D eigenvalue weighted by Gasteiger charge is 2.47. The molecule has 2 fully saturated rings. The molecule has 0 spiro atoms. The van der Waals surface area contributed by atoms with Crippen molar-refractivity contribution in [1.82, 2.24) is 4.90 Å². The van der Waals surface area contributed by atoms with Crippen LogP contribution in [0.3, 0.4) is 0 Å². The molecule has 0 aromatic carbocycles. The van der Waals surface area contributed by atoms with Crippen molar-refractivity contribution in [3.63, 3.8) is 0 Å². The largest absolute Gasteiger partial charge is 0.481 e. The van der Waals surface area contributed by atoms with Gasteiger partial charge < -0.3 is 10.0 Å². The van der Waals surface area contributed by atoms with Gasteiger partial charge in [-0.25, -0.2) is 0 Å². The van der Waals surface area contributed by atoms with Crippen LogP contribution in [0.2, 0.25) is 0 Å². The number of hydrogen-bond acceptors (Lipinski definition) is 3. The normalized spacial score (nSPS) is 27.6. The number of likely N-dealkylation sites (tertiary alicyclic amines) is 1. The summed E-state index contributed by atoms with van der Waals surface area (Å²) in [7, 11) is 0. The van der Waals surface area contributed by atoms with E-state index >= 15 is 0 Å². The van der Waals surface area contributed by atoms with Crippen LogP contribution in [0.5, 0.6) is 0 Å². The number of thioether (sulfide) groups is 1. The van der Waals surface area contributed by atoms with Crippen molar-refractivity contribution in [2.24, 2.45) is 17.8 Å². The Balaban J connectivity index is 1.91. The molecule has 1 saturated heterocycles. The Morgan fingerprint density at radius 1 is 1.26 bits per heavy atom. The van der Waals surface area contributed by atoms with Gasteiger partial charge in [-0.3, -0.25) is 9.59 Å². The fourth-order valence-electron chi connectivity index (χ4n) is 2.53. The van der Waals surface area contributed by atoms with Gasteiger partial charge in [0.1, 0.15) is 0 Å². The molecular formula is C11H14F3NO3S. The van der Waals surface area contributed by atoms with Crippen LogP contribution < -0.4 is 0 Å². The minimum atomic E-state index is -4.43. The van der Waals surface area contributed by atoms with E-state index in [9.17, 15) is 22.8 Å². The van der Waals surface area contributed by atoms with Gasteiger partial charge in [0, 0.05) is 13.1 Å². The first-order valence-corrected chi connectivity index (χ1v) is 6.98. The second-order valence-corrected chi connectivity index (χ2v) is 6.02. The minimum absolute atomic E-state index is 0.0355. The SMILES string of the molecule is O=C(O)[C@H]1CN(C(=O)CSC(F)(F)F)C[C@@H]1C1CC1. The summed E-state index contributed by atoms with van der Waals surface area (Å²) in [4.78, 5) is 24.0. The zero-order valence-electron chi connectivity index (χ0n) is 10.0. The lowest BCUT2D eigenvalue weighted by Crippen LogP contribution is -2.32. The summed E-state index contributed by atoms with van der Waals surface area (Å²) in [5, 5.41) is 9.10. The number of carbonyl (C=O) groups excluding carboxylic acids is 1. The predicted octanol–water partition coefficient (Wildman–Crippen LogP) is 1.81. The summed E-state index contributed by atoms with van der Waals surface area (Å²) in [5.74, 6) is -2.68. The third-order valence-corrected chi connectivity index (χ3v) is 4.34. The molecule has 0 aromatic rings. The molecule has 0 radical (unpaired) electrons. The van der Waals surface area contributed by atoms with Crippen LogP contribution in [-0.2, 0) is 9.59 Å². The predicted molar refractivity (Wildman–Crippen MR) is 62.4 cm³/mol. The van der Waals surface area contributed by atoms with Crippen LogP contribution in [-0.4, -0.2) is 46.2 Å². The third-order valence-electron chi connectivity index (χ3n) is 3.62. The van der Waals surface area contributed by atoms with Crippen molar-refractivity contribution >= 4 is 23.6 Å². The van der Waals surface area contributed by atoms with Crippen molar-refractivity contribution in [2.75, 3.05) is 18.8 Å². The van der Waals surface area contributed by atoms with Crippen LogP contribution in [0.1, 0.15) is 12.8 Å². The van der Waals surface area contributed by atoms with E-state index in [0.29, 0.717) is 5.92 Å². The van der Waals surface area contributed by atoms with Gasteiger partial charge in [-0.05, 0) is 36.4 Å². The lowest BCUT2D eigenvalue weighted by atomic mass is 9.92. The second kappa shape index (κ2) is 5.22. The molecule has 1 amide bonds. The highest BCUT2D eigenvalue weighted by atomic mass is 32.2. The first-order chi connectivity index (χ1) is 8.78. The molecule has 1 N–H and O–H groups in total. The highest BCUT2D eigenvalue weighted by Crippen LogP contribution is 2.44. The third kappa shape index (κ3) is 3.77. The molecule has 2 rings (SSSR count). The summed E-state index contributed by atoms with van der Waals surface area (Å²) in [5.41, 5.74) is -4.43. The Bertz CT molecular complexity index is 384. The topological polar surface area (TPSA) is 57.6 Å². The molecule has 1 aliphatic heterocycles. The van der Waals surface area contributed by atoms with Crippen molar-refractivity contribution in [3.05, 3.63) is 0 Å². The monoisotopic (exact) mass is 297 g/mol. The van der Waals surface area contributed by atoms with E-state index in [-0.39, 0.29) is 30.8 Å². The Labute approximate surface area is 112 Å². The molecule has 0 bridgehead atoms. The van der Waals surface area contributed by atoms with Gasteiger partial charge in [0.05, 0.1) is 11.7 Å². The molecule has 19 heavy (non-hydrogen) atoms. The number of carbonyl (C=O) groups is 2. The van der Waals surface area contributed by atoms with E-state index in [1.54, 1.807) is 0 Å². The van der Waals surface area contributed by atoms with Gasteiger partial charge >= 0.3 is 11.5 Å². The van der Waals surface area contributed by atoms with Crippen molar-refractivity contribution in [1.29, 1.82) is 0 Å². The molecule has 2 atom stereocenters. The average Bonchev–Trinajstić information content (AvgIpc) is 3.03. The van der Waals surface area contributed by atoms with Crippen molar-refractivity contribution in [3.8, 4) is 0 Å². The van der Waals surface area contributed by atoms with E-state index in [1.807, 2.05) is 0 Å². The van der Waals surface area contributed by atoms with E-state index < -0.39 is 29.1 Å². The maximum atomic E-state index is 12.0. The number of alkyl halides is 3. The smallest absolute Gasteiger partial charge is 0.442 e. The Morgan fingerprint density at radius 2 is 1.89 bits per heavy atom. The molecule has 4 nitrogen and oxygen atoms in total. The number of hydrogen-bond donors (Lipinski definition) is 1. The molecule has 1 aliphatic carbocycles. The zero-order valence-corrected chi connectivity index (χ0v) is 10.8. The molecule has 0 unspecified atom stereocenters. The number of nitrogens with zero attached hydrogens (tertiary/aromatic N) is 1. The lowest BCUT2D eigenvalue weighted by molar-refractivity contribution is -0.142. The number of rotatable bonds is 4. The van der Waals surface area contributed by atoms with Gasteiger partial charge in [-0.15, -0.1) is 0 Å². The number of carboxylic acid groups (broad SMARTS) is 1. The first kappa shape index (κ1) is 14.5. The first-order valence-electron chi connectivity index (χ1n) is 5.99. The van der Waals surface area contributed by atoms with Crippen LogP contribution in [0, 0.1) is 17.8 Å². The zero-order chi connectivity index (χ0) is 14.2. The number of aliphatic carboxylic acids is 1. The standard InChI is InChI=1S/C11H14F3NO3S/c12-11(13,14)19-5-9(16)15-3-7(6-1-2-6)8(4-15)10(17)18/h6-8H,1-5H2,(H,17,18)/t7-,8+/m1/s1. The van der Waals surface area contributed by atoms with Crippen LogP contribution in [0.15, 0.2) is 0 Å².